The van der Waals surface area contributed by atoms with Gasteiger partial charge in [-0.25, -0.2) is 18.6 Å². The molecule has 0 saturated carbocycles. The minimum atomic E-state index is -4.94. The molecule has 1 aliphatic rings. The van der Waals surface area contributed by atoms with E-state index in [2.05, 4.69) is 54.6 Å². The van der Waals surface area contributed by atoms with Gasteiger partial charge in [0, 0.05) is 0 Å². The van der Waals surface area contributed by atoms with Crippen molar-refractivity contribution >= 4 is 23.2 Å². The van der Waals surface area contributed by atoms with Gasteiger partial charge in [-0.05, 0) is 0 Å². The Balaban J connectivity index is 0.000000257. The Hall–Kier alpha value is -0.951. The van der Waals surface area contributed by atoms with Crippen molar-refractivity contribution in [1.82, 2.24) is 0 Å². The maximum atomic E-state index is 8.49. The zero-order valence-electron chi connectivity index (χ0n) is 10.2. The van der Waals surface area contributed by atoms with Crippen LogP contribution < -0.4 is 27.6 Å². The van der Waals surface area contributed by atoms with E-state index in [1.165, 1.54) is 14.5 Å². The Bertz CT molecular complexity index is 552. The first-order valence-electron chi connectivity index (χ1n) is 5.57. The molecule has 0 N–H and O–H groups in total. The summed E-state index contributed by atoms with van der Waals surface area (Å²) in [5, 5.41) is 0. The average molecular weight is 362 g/mol. The van der Waals surface area contributed by atoms with Crippen molar-refractivity contribution in [2.24, 2.45) is 0 Å². The molecule has 0 spiro atoms. The normalized spacial score (nSPS) is 17.1. The predicted molar refractivity (Wildman–Crippen MR) is 62.7 cm³/mol. The molecule has 0 bridgehead atoms. The molecule has 0 radical (unpaired) electrons. The minimum absolute atomic E-state index is 0.787. The molecule has 0 aliphatic carbocycles. The van der Waals surface area contributed by atoms with Crippen LogP contribution in [0, 0.1) is 10.2 Å². The second-order valence-corrected chi connectivity index (χ2v) is 8.12. The molecule has 1 unspecified atom stereocenters. The molecular weight excluding hydrogens is 351 g/mol. The molecule has 2 aromatic carbocycles. The van der Waals surface area contributed by atoms with Gasteiger partial charge in [-0.2, -0.15) is 0 Å². The van der Waals surface area contributed by atoms with Crippen LogP contribution in [-0.2, 0) is 10.4 Å². The summed E-state index contributed by atoms with van der Waals surface area (Å²) >= 11 is -1.19. The fourth-order valence-electron chi connectivity index (χ4n) is 1.73. The fourth-order valence-corrected chi connectivity index (χ4v) is 5.37. The van der Waals surface area contributed by atoms with Gasteiger partial charge in [0.2, 0.25) is 0 Å². The zero-order valence-corrected chi connectivity index (χ0v) is 12.7. The summed E-state index contributed by atoms with van der Waals surface area (Å²) in [4.78, 5) is 0. The van der Waals surface area contributed by atoms with Gasteiger partial charge in [-0.15, -0.1) is 10.2 Å². The average Bonchev–Trinajstić information content (AvgIpc) is 2.81. The topological polar surface area (TPSA) is 101 Å². The quantitative estimate of drug-likeness (QED) is 0.492. The van der Waals surface area contributed by atoms with Crippen LogP contribution in [0.4, 0.5) is 0 Å². The van der Waals surface area contributed by atoms with Crippen molar-refractivity contribution < 1.29 is 32.7 Å². The number of hydrogen-bond acceptors (Lipinski definition) is 5. The van der Waals surface area contributed by atoms with Crippen molar-refractivity contribution in [2.75, 3.05) is 0 Å². The van der Waals surface area contributed by atoms with Crippen LogP contribution in [0.3, 0.4) is 0 Å². The number of fused-ring (bicyclic) bond motifs is 1. The Labute approximate surface area is 123 Å². The summed E-state index contributed by atoms with van der Waals surface area (Å²) < 4.78 is 42.7. The monoisotopic (exact) mass is 362 g/mol. The second-order valence-electron chi connectivity index (χ2n) is 3.83. The van der Waals surface area contributed by atoms with Gasteiger partial charge in [0.1, 0.15) is 0 Å². The summed E-state index contributed by atoms with van der Waals surface area (Å²) in [7, 11) is -4.94. The summed E-state index contributed by atoms with van der Waals surface area (Å²) in [5.74, 6) is 0. The molecular formula is C13H11ClO5Se. The van der Waals surface area contributed by atoms with Gasteiger partial charge in [0.25, 0.3) is 0 Å². The Morgan fingerprint density at radius 2 is 1.40 bits per heavy atom. The third kappa shape index (κ3) is 4.56. The van der Waals surface area contributed by atoms with Gasteiger partial charge in [0.15, 0.2) is 0 Å². The third-order valence-electron chi connectivity index (χ3n) is 2.46. The Morgan fingerprint density at radius 1 is 0.850 bits per heavy atom. The Morgan fingerprint density at radius 3 is 2.05 bits per heavy atom. The molecule has 0 amide bonds. The third-order valence-corrected chi connectivity index (χ3v) is 6.35. The van der Waals surface area contributed by atoms with E-state index >= 15 is 0 Å². The van der Waals surface area contributed by atoms with E-state index in [9.17, 15) is 0 Å². The second kappa shape index (κ2) is 6.67. The number of hydrogen-bond donors (Lipinski definition) is 0. The molecule has 1 heterocycles. The van der Waals surface area contributed by atoms with Crippen LogP contribution in [0.1, 0.15) is 5.56 Å². The summed E-state index contributed by atoms with van der Waals surface area (Å²) in [5.41, 5.74) is 1.37. The first kappa shape index (κ1) is 15.4. The summed E-state index contributed by atoms with van der Waals surface area (Å²) in [6.45, 7) is 0.787. The molecule has 7 heteroatoms. The molecule has 1 atom stereocenters. The molecule has 0 fully saturated rings. The first-order valence-corrected chi connectivity index (χ1v) is 9.22. The molecule has 106 valence electrons. The molecule has 5 nitrogen and oxygen atoms in total. The van der Waals surface area contributed by atoms with E-state index in [0.29, 0.717) is 0 Å². The molecule has 1 aliphatic heterocycles. The van der Waals surface area contributed by atoms with Crippen LogP contribution in [-0.4, -0.2) is 14.2 Å². The van der Waals surface area contributed by atoms with E-state index in [0.717, 1.165) is 6.61 Å². The van der Waals surface area contributed by atoms with Gasteiger partial charge in [-0.1, -0.05) is 0 Å². The predicted octanol–water partition coefficient (Wildman–Crippen LogP) is -3.43. The van der Waals surface area contributed by atoms with Crippen LogP contribution >= 0.6 is 0 Å². The maximum absolute atomic E-state index is 8.49. The first-order chi connectivity index (χ1) is 9.45. The van der Waals surface area contributed by atoms with Crippen molar-refractivity contribution in [3.63, 3.8) is 0 Å². The summed E-state index contributed by atoms with van der Waals surface area (Å²) in [6.07, 6.45) is 0. The molecule has 0 saturated heterocycles. The van der Waals surface area contributed by atoms with E-state index in [4.69, 9.17) is 22.5 Å². The van der Waals surface area contributed by atoms with Crippen LogP contribution in [0.15, 0.2) is 54.6 Å². The van der Waals surface area contributed by atoms with Crippen LogP contribution in [0.25, 0.3) is 0 Å². The van der Waals surface area contributed by atoms with Crippen molar-refractivity contribution in [2.45, 2.75) is 6.61 Å². The fraction of sp³-hybridized carbons (Fsp3) is 0.0769. The van der Waals surface area contributed by atoms with E-state index < -0.39 is 24.5 Å². The molecule has 3 rings (SSSR count). The van der Waals surface area contributed by atoms with Gasteiger partial charge < -0.3 is 0 Å². The summed E-state index contributed by atoms with van der Waals surface area (Å²) in [6, 6.07) is 19.1. The van der Waals surface area contributed by atoms with E-state index in [1.54, 1.807) is 0 Å². The molecule has 0 aromatic heterocycles. The standard InChI is InChI=1S/C13H11OSe.ClHO4/c1-2-7-12(8-3-1)15-13-9-5-4-6-11(13)10-14-15;2-1(3,4)5/h1-9H,10H2;(H,2,3,4,5)/q+1;/p-1. The van der Waals surface area contributed by atoms with Crippen LogP contribution in [0.2, 0.25) is 0 Å². The number of rotatable bonds is 1. The van der Waals surface area contributed by atoms with Gasteiger partial charge in [-0.3, -0.25) is 0 Å². The van der Waals surface area contributed by atoms with E-state index in [-0.39, 0.29) is 0 Å². The SMILES string of the molecule is [O-][Cl+3]([O-])([O-])[O-].c1ccc([Se+]2OCc3ccccc32)cc1. The van der Waals surface area contributed by atoms with Crippen molar-refractivity contribution in [3.8, 4) is 0 Å². The number of halogens is 1. The van der Waals surface area contributed by atoms with Gasteiger partial charge >= 0.3 is 93.7 Å². The Kier molecular flexibility index (Phi) is 5.15. The number of benzene rings is 2. The van der Waals surface area contributed by atoms with Crippen molar-refractivity contribution in [1.29, 1.82) is 0 Å². The molecule has 20 heavy (non-hydrogen) atoms. The van der Waals surface area contributed by atoms with Crippen molar-refractivity contribution in [3.05, 3.63) is 60.2 Å². The van der Waals surface area contributed by atoms with Gasteiger partial charge in [0.05, 0.1) is 0 Å². The van der Waals surface area contributed by atoms with Crippen LogP contribution in [0.5, 0.6) is 0 Å². The van der Waals surface area contributed by atoms with E-state index in [1.807, 2.05) is 0 Å². The molecule has 2 aromatic rings. The zero-order chi connectivity index (χ0) is 14.6.